The quantitative estimate of drug-likeness (QED) is 0.347. The number of aromatic nitrogens is 5. The first-order chi connectivity index (χ1) is 17.1. The first-order valence-corrected chi connectivity index (χ1v) is 13.0. The maximum Gasteiger partial charge on any atom is 0.159 e. The predicted octanol–water partition coefficient (Wildman–Crippen LogP) is 3.55. The average molecular weight is 536 g/mol. The van der Waals surface area contributed by atoms with Gasteiger partial charge in [-0.05, 0) is 60.2 Å². The molecule has 5 heterocycles. The van der Waals surface area contributed by atoms with Gasteiger partial charge in [0.2, 0.25) is 0 Å². The van der Waals surface area contributed by atoms with Crippen LogP contribution in [0.5, 0.6) is 0 Å². The molecular weight excluding hydrogens is 506 g/mol. The summed E-state index contributed by atoms with van der Waals surface area (Å²) in [6.07, 6.45) is 6.70. The second-order valence-corrected chi connectivity index (χ2v) is 10.4. The van der Waals surface area contributed by atoms with Gasteiger partial charge >= 0.3 is 0 Å². The topological polar surface area (TPSA) is 92.0 Å². The van der Waals surface area contributed by atoms with Crippen molar-refractivity contribution in [3.8, 4) is 11.4 Å². The van der Waals surface area contributed by atoms with Crippen LogP contribution >= 0.6 is 15.9 Å². The molecule has 3 N–H and O–H groups in total. The fourth-order valence-electron chi connectivity index (χ4n) is 5.06. The summed E-state index contributed by atoms with van der Waals surface area (Å²) in [5.41, 5.74) is 6.10. The summed E-state index contributed by atoms with van der Waals surface area (Å²) in [4.78, 5) is 27.6. The van der Waals surface area contributed by atoms with Gasteiger partial charge in [0.25, 0.3) is 0 Å². The number of anilines is 2. The van der Waals surface area contributed by atoms with Gasteiger partial charge in [0.1, 0.15) is 11.3 Å². The molecule has 1 atom stereocenters. The van der Waals surface area contributed by atoms with Gasteiger partial charge in [-0.3, -0.25) is 4.90 Å². The minimum atomic E-state index is 0.418. The van der Waals surface area contributed by atoms with Crippen molar-refractivity contribution in [2.45, 2.75) is 19.0 Å². The molecule has 2 aliphatic rings. The number of hydrogen-bond acceptors (Lipinski definition) is 7. The van der Waals surface area contributed by atoms with Crippen LogP contribution in [-0.4, -0.2) is 87.1 Å². The number of likely N-dealkylation sites (tertiary alicyclic amines) is 1. The van der Waals surface area contributed by atoms with Crippen molar-refractivity contribution in [3.05, 3.63) is 53.2 Å². The second-order valence-electron chi connectivity index (χ2n) is 9.53. The molecule has 0 saturated carbocycles. The summed E-state index contributed by atoms with van der Waals surface area (Å²) < 4.78 is 0.944. The zero-order valence-electron chi connectivity index (χ0n) is 19.8. The van der Waals surface area contributed by atoms with E-state index in [0.29, 0.717) is 6.04 Å². The van der Waals surface area contributed by atoms with Gasteiger partial charge in [-0.1, -0.05) is 0 Å². The van der Waals surface area contributed by atoms with Gasteiger partial charge in [0.15, 0.2) is 5.65 Å². The molecule has 0 bridgehead atoms. The van der Waals surface area contributed by atoms with Crippen molar-refractivity contribution in [2.75, 3.05) is 56.5 Å². The monoisotopic (exact) mass is 535 g/mol. The summed E-state index contributed by atoms with van der Waals surface area (Å²) in [5.74, 6) is 0.840. The normalized spacial score (nSPS) is 19.6. The number of imidazole rings is 2. The van der Waals surface area contributed by atoms with Crippen LogP contribution in [0.4, 0.5) is 11.4 Å². The molecule has 1 unspecified atom stereocenters. The van der Waals surface area contributed by atoms with Gasteiger partial charge < -0.3 is 25.1 Å². The van der Waals surface area contributed by atoms with Gasteiger partial charge in [0.05, 0.1) is 22.2 Å². The average Bonchev–Trinajstić information content (AvgIpc) is 3.63. The van der Waals surface area contributed by atoms with Gasteiger partial charge in [-0.25, -0.2) is 15.0 Å². The van der Waals surface area contributed by atoms with E-state index in [1.54, 1.807) is 6.33 Å². The highest BCUT2D eigenvalue weighted by Gasteiger charge is 2.22. The van der Waals surface area contributed by atoms with Crippen molar-refractivity contribution in [1.29, 1.82) is 0 Å². The number of nitrogens with zero attached hydrogens (tertiary/aromatic N) is 6. The first-order valence-electron chi connectivity index (χ1n) is 12.2. The minimum absolute atomic E-state index is 0.418. The van der Waals surface area contributed by atoms with Crippen molar-refractivity contribution >= 4 is 38.5 Å². The lowest BCUT2D eigenvalue weighted by Crippen LogP contribution is -2.46. The maximum atomic E-state index is 4.94. The molecule has 0 aliphatic carbocycles. The SMILES string of the molecule is CN1CCC(Nc2c(Br)cnc3[nH]c(-c4ccc(N5CCN(Cc6c[nH]cn6)CC5)cc4)nc23)C1. The van der Waals surface area contributed by atoms with Crippen LogP contribution in [0.15, 0.2) is 47.5 Å². The molecule has 4 aromatic rings. The summed E-state index contributed by atoms with van der Waals surface area (Å²) in [6.45, 7) is 7.14. The van der Waals surface area contributed by atoms with Gasteiger partial charge in [0, 0.05) is 69.0 Å². The number of nitrogens with one attached hydrogen (secondary N) is 3. The summed E-state index contributed by atoms with van der Waals surface area (Å²) in [5, 5.41) is 3.69. The van der Waals surface area contributed by atoms with E-state index in [1.165, 1.54) is 5.69 Å². The van der Waals surface area contributed by atoms with E-state index < -0.39 is 0 Å². The second kappa shape index (κ2) is 9.60. The van der Waals surface area contributed by atoms with Crippen LogP contribution in [0, 0.1) is 0 Å². The molecule has 6 rings (SSSR count). The number of piperazine rings is 1. The van der Waals surface area contributed by atoms with E-state index in [0.717, 1.165) is 90.6 Å². The number of likely N-dealkylation sites (N-methyl/N-ethyl adjacent to an activating group) is 1. The van der Waals surface area contributed by atoms with E-state index in [2.05, 4.69) is 87.2 Å². The third-order valence-electron chi connectivity index (χ3n) is 7.03. The third-order valence-corrected chi connectivity index (χ3v) is 7.63. The first kappa shape index (κ1) is 22.5. The van der Waals surface area contributed by atoms with Crippen LogP contribution in [-0.2, 0) is 6.54 Å². The third kappa shape index (κ3) is 4.78. The zero-order chi connectivity index (χ0) is 23.8. The Morgan fingerprint density at radius 2 is 1.91 bits per heavy atom. The van der Waals surface area contributed by atoms with Crippen molar-refractivity contribution in [3.63, 3.8) is 0 Å². The molecule has 0 amide bonds. The fourth-order valence-corrected chi connectivity index (χ4v) is 5.47. The van der Waals surface area contributed by atoms with Crippen LogP contribution in [0.25, 0.3) is 22.6 Å². The molecule has 182 valence electrons. The summed E-state index contributed by atoms with van der Waals surface area (Å²) in [6, 6.07) is 9.11. The molecule has 0 radical (unpaired) electrons. The molecule has 9 nitrogen and oxygen atoms in total. The largest absolute Gasteiger partial charge is 0.378 e. The predicted molar refractivity (Wildman–Crippen MR) is 143 cm³/mol. The van der Waals surface area contributed by atoms with E-state index in [4.69, 9.17) is 4.98 Å². The van der Waals surface area contributed by atoms with E-state index in [-0.39, 0.29) is 0 Å². The van der Waals surface area contributed by atoms with E-state index in [1.807, 2.05) is 12.4 Å². The van der Waals surface area contributed by atoms with Crippen LogP contribution in [0.3, 0.4) is 0 Å². The Bertz CT molecular complexity index is 1280. The number of rotatable bonds is 6. The molecule has 1 aromatic carbocycles. The molecule has 0 spiro atoms. The molecule has 2 fully saturated rings. The number of H-pyrrole nitrogens is 2. The lowest BCUT2D eigenvalue weighted by Gasteiger charge is -2.35. The highest BCUT2D eigenvalue weighted by molar-refractivity contribution is 9.10. The fraction of sp³-hybridized carbons (Fsp3) is 0.400. The Morgan fingerprint density at radius 1 is 1.09 bits per heavy atom. The maximum absolute atomic E-state index is 4.94. The molecule has 2 aliphatic heterocycles. The Kier molecular flexibility index (Phi) is 6.17. The molecule has 3 aromatic heterocycles. The summed E-state index contributed by atoms with van der Waals surface area (Å²) in [7, 11) is 2.16. The van der Waals surface area contributed by atoms with Crippen molar-refractivity contribution in [2.24, 2.45) is 0 Å². The number of pyridine rings is 1. The number of benzene rings is 1. The Balaban J connectivity index is 1.15. The smallest absolute Gasteiger partial charge is 0.159 e. The van der Waals surface area contributed by atoms with E-state index >= 15 is 0 Å². The Hall–Kier alpha value is -2.95. The van der Waals surface area contributed by atoms with Crippen molar-refractivity contribution < 1.29 is 0 Å². The zero-order valence-corrected chi connectivity index (χ0v) is 21.4. The Morgan fingerprint density at radius 3 is 2.63 bits per heavy atom. The van der Waals surface area contributed by atoms with Crippen LogP contribution in [0.2, 0.25) is 0 Å². The van der Waals surface area contributed by atoms with Gasteiger partial charge in [-0.15, -0.1) is 0 Å². The molecule has 10 heteroatoms. The molecule has 2 saturated heterocycles. The van der Waals surface area contributed by atoms with Crippen molar-refractivity contribution in [1.82, 2.24) is 34.7 Å². The number of fused-ring (bicyclic) bond motifs is 1. The standard InChI is InChI=1S/C25H30BrN9/c1-33-7-6-18(14-33)30-22-21(26)13-28-25-23(22)31-24(32-25)17-2-4-20(5-3-17)35-10-8-34(9-11-35)15-19-12-27-16-29-19/h2-5,12-13,16,18H,6-11,14-15H2,1H3,(H,27,29)(H2,28,30,31,32). The van der Waals surface area contributed by atoms with Crippen LogP contribution < -0.4 is 10.2 Å². The lowest BCUT2D eigenvalue weighted by atomic mass is 10.1. The number of halogens is 1. The molecule has 35 heavy (non-hydrogen) atoms. The number of aromatic amines is 2. The van der Waals surface area contributed by atoms with Crippen LogP contribution in [0.1, 0.15) is 12.1 Å². The lowest BCUT2D eigenvalue weighted by molar-refractivity contribution is 0.247. The minimum Gasteiger partial charge on any atom is -0.378 e. The highest BCUT2D eigenvalue weighted by atomic mass is 79.9. The number of hydrogen-bond donors (Lipinski definition) is 3. The van der Waals surface area contributed by atoms with Gasteiger partial charge in [-0.2, -0.15) is 0 Å². The highest BCUT2D eigenvalue weighted by Crippen LogP contribution is 2.32. The Labute approximate surface area is 213 Å². The molecular formula is C25H30BrN9. The van der Waals surface area contributed by atoms with E-state index in [9.17, 15) is 0 Å². The summed E-state index contributed by atoms with van der Waals surface area (Å²) >= 11 is 3.67.